The van der Waals surface area contributed by atoms with Crippen molar-refractivity contribution in [3.8, 4) is 17.0 Å². The Morgan fingerprint density at radius 1 is 1.04 bits per heavy atom. The molecule has 24 heavy (non-hydrogen) atoms. The summed E-state index contributed by atoms with van der Waals surface area (Å²) in [6.07, 6.45) is 0. The van der Waals surface area contributed by atoms with Crippen molar-refractivity contribution in [2.75, 3.05) is 0 Å². The molecule has 0 bridgehead atoms. The predicted octanol–water partition coefficient (Wildman–Crippen LogP) is 3.94. The highest BCUT2D eigenvalue weighted by molar-refractivity contribution is 14.1. The van der Waals surface area contributed by atoms with Gasteiger partial charge >= 0.3 is 10.3 Å². The second kappa shape index (κ2) is 6.56. The van der Waals surface area contributed by atoms with Crippen LogP contribution in [0.25, 0.3) is 11.3 Å². The third-order valence-electron chi connectivity index (χ3n) is 3.44. The Hall–Kier alpha value is -1.87. The molecule has 0 aliphatic heterocycles. The zero-order valence-corrected chi connectivity index (χ0v) is 16.1. The van der Waals surface area contributed by atoms with Crippen LogP contribution < -0.4 is 4.18 Å². The number of aryl methyl sites for hydroxylation is 2. The number of nitrogens with zero attached hydrogens (tertiary/aromatic N) is 2. The topological polar surface area (TPSA) is 61.2 Å². The lowest BCUT2D eigenvalue weighted by atomic mass is 10.1. The Kier molecular flexibility index (Phi) is 4.64. The molecule has 1 aromatic heterocycles. The van der Waals surface area contributed by atoms with Crippen molar-refractivity contribution in [2.45, 2.75) is 13.8 Å². The third kappa shape index (κ3) is 3.46. The summed E-state index contributed by atoms with van der Waals surface area (Å²) in [5.41, 5.74) is 3.05. The molecular formula is C17H15IN2O3S. The molecule has 0 aliphatic rings. The standard InChI is InChI=1S/C17H15IN2O3S/c1-12-7-9-14(10-8-12)16-11-13(2)20(19-16)24(21,22)23-17-6-4-3-5-15(17)18/h3-11H,1-2H3. The van der Waals surface area contributed by atoms with Crippen molar-refractivity contribution < 1.29 is 12.6 Å². The Bertz CT molecular complexity index is 979. The average Bonchev–Trinajstić information content (AvgIpc) is 2.93. The molecule has 1 heterocycles. The third-order valence-corrected chi connectivity index (χ3v) is 5.51. The van der Waals surface area contributed by atoms with Crippen molar-refractivity contribution in [1.82, 2.24) is 9.19 Å². The van der Waals surface area contributed by atoms with Gasteiger partial charge in [-0.15, -0.1) is 4.09 Å². The van der Waals surface area contributed by atoms with Gasteiger partial charge in [0.2, 0.25) is 0 Å². The number of benzene rings is 2. The first-order valence-electron chi connectivity index (χ1n) is 7.20. The summed E-state index contributed by atoms with van der Waals surface area (Å²) in [5, 5.41) is 4.21. The minimum Gasteiger partial charge on any atom is -0.364 e. The van der Waals surface area contributed by atoms with Gasteiger partial charge in [-0.05, 0) is 54.6 Å². The number of rotatable bonds is 4. The van der Waals surface area contributed by atoms with Crippen LogP contribution in [0, 0.1) is 17.4 Å². The summed E-state index contributed by atoms with van der Waals surface area (Å²) in [5.74, 6) is 0.282. The molecule has 3 aromatic rings. The number of para-hydroxylation sites is 1. The van der Waals surface area contributed by atoms with E-state index in [9.17, 15) is 8.42 Å². The summed E-state index contributed by atoms with van der Waals surface area (Å²) in [4.78, 5) is 0. The summed E-state index contributed by atoms with van der Waals surface area (Å²) in [6.45, 7) is 3.68. The van der Waals surface area contributed by atoms with Crippen LogP contribution in [-0.2, 0) is 10.3 Å². The number of hydrogen-bond donors (Lipinski definition) is 0. The van der Waals surface area contributed by atoms with Gasteiger partial charge in [0.05, 0.1) is 15.0 Å². The maximum absolute atomic E-state index is 12.5. The summed E-state index contributed by atoms with van der Waals surface area (Å²) in [7, 11) is -4.06. The van der Waals surface area contributed by atoms with E-state index in [1.165, 1.54) is 0 Å². The fraction of sp³-hybridized carbons (Fsp3) is 0.118. The monoisotopic (exact) mass is 454 g/mol. The molecule has 0 saturated heterocycles. The molecule has 0 amide bonds. The van der Waals surface area contributed by atoms with Gasteiger partial charge in [0.15, 0.2) is 5.75 Å². The van der Waals surface area contributed by atoms with E-state index in [2.05, 4.69) is 5.10 Å². The lowest BCUT2D eigenvalue weighted by molar-refractivity contribution is 0.466. The van der Waals surface area contributed by atoms with Crippen LogP contribution in [0.3, 0.4) is 0 Å². The van der Waals surface area contributed by atoms with E-state index in [1.807, 2.05) is 59.8 Å². The fourth-order valence-electron chi connectivity index (χ4n) is 2.21. The van der Waals surface area contributed by atoms with E-state index >= 15 is 0 Å². The Morgan fingerprint density at radius 2 is 1.71 bits per heavy atom. The molecule has 0 fully saturated rings. The van der Waals surface area contributed by atoms with Crippen LogP contribution in [0.1, 0.15) is 11.3 Å². The average molecular weight is 454 g/mol. The molecule has 2 aromatic carbocycles. The summed E-state index contributed by atoms with van der Waals surface area (Å²) < 4.78 is 32.0. The first kappa shape index (κ1) is 17.0. The minimum atomic E-state index is -4.06. The van der Waals surface area contributed by atoms with E-state index in [4.69, 9.17) is 4.18 Å². The van der Waals surface area contributed by atoms with Gasteiger partial charge < -0.3 is 4.18 Å². The van der Waals surface area contributed by atoms with Crippen LogP contribution in [0.4, 0.5) is 0 Å². The van der Waals surface area contributed by atoms with Gasteiger partial charge in [0, 0.05) is 5.56 Å². The zero-order valence-electron chi connectivity index (χ0n) is 13.1. The Labute approximate surface area is 154 Å². The highest BCUT2D eigenvalue weighted by Crippen LogP contribution is 2.24. The molecule has 0 saturated carbocycles. The number of aromatic nitrogens is 2. The molecule has 0 aliphatic carbocycles. The number of hydrogen-bond acceptors (Lipinski definition) is 4. The first-order chi connectivity index (χ1) is 11.4. The predicted molar refractivity (Wildman–Crippen MR) is 101 cm³/mol. The van der Waals surface area contributed by atoms with Crippen molar-refractivity contribution in [1.29, 1.82) is 0 Å². The lowest BCUT2D eigenvalue weighted by Gasteiger charge is -2.09. The first-order valence-corrected chi connectivity index (χ1v) is 9.64. The van der Waals surface area contributed by atoms with Crippen LogP contribution in [0.5, 0.6) is 5.75 Å². The van der Waals surface area contributed by atoms with Crippen LogP contribution in [0.2, 0.25) is 0 Å². The largest absolute Gasteiger partial charge is 0.429 e. The van der Waals surface area contributed by atoms with Gasteiger partial charge in [0.1, 0.15) is 0 Å². The van der Waals surface area contributed by atoms with Crippen LogP contribution in [-0.4, -0.2) is 17.6 Å². The molecule has 0 atom stereocenters. The van der Waals surface area contributed by atoms with E-state index < -0.39 is 10.3 Å². The quantitative estimate of drug-likeness (QED) is 0.561. The highest BCUT2D eigenvalue weighted by Gasteiger charge is 2.22. The van der Waals surface area contributed by atoms with Crippen LogP contribution >= 0.6 is 22.6 Å². The summed E-state index contributed by atoms with van der Waals surface area (Å²) in [6, 6.07) is 16.4. The van der Waals surface area contributed by atoms with Gasteiger partial charge in [-0.1, -0.05) is 42.0 Å². The van der Waals surface area contributed by atoms with E-state index in [-0.39, 0.29) is 5.75 Å². The molecule has 0 radical (unpaired) electrons. The van der Waals surface area contributed by atoms with Gasteiger partial charge in [0.25, 0.3) is 0 Å². The van der Waals surface area contributed by atoms with Crippen molar-refractivity contribution in [2.24, 2.45) is 0 Å². The van der Waals surface area contributed by atoms with Crippen molar-refractivity contribution >= 4 is 32.9 Å². The Morgan fingerprint density at radius 3 is 2.38 bits per heavy atom. The molecule has 0 spiro atoms. The maximum Gasteiger partial charge on any atom is 0.429 e. The van der Waals surface area contributed by atoms with Gasteiger partial charge in [-0.3, -0.25) is 0 Å². The van der Waals surface area contributed by atoms with Gasteiger partial charge in [-0.2, -0.15) is 13.5 Å². The zero-order chi connectivity index (χ0) is 17.3. The fourth-order valence-corrected chi connectivity index (χ4v) is 3.89. The highest BCUT2D eigenvalue weighted by atomic mass is 127. The van der Waals surface area contributed by atoms with Gasteiger partial charge in [-0.25, -0.2) is 0 Å². The molecular weight excluding hydrogens is 439 g/mol. The normalized spacial score (nSPS) is 11.5. The summed E-state index contributed by atoms with van der Waals surface area (Å²) >= 11 is 2.03. The second-order valence-electron chi connectivity index (χ2n) is 5.35. The second-order valence-corrected chi connectivity index (χ2v) is 7.88. The lowest BCUT2D eigenvalue weighted by Crippen LogP contribution is -2.22. The molecule has 3 rings (SSSR count). The van der Waals surface area contributed by atoms with Crippen LogP contribution in [0.15, 0.2) is 54.6 Å². The minimum absolute atomic E-state index is 0.282. The molecule has 0 N–H and O–H groups in total. The molecule has 124 valence electrons. The Balaban J connectivity index is 1.97. The van der Waals surface area contributed by atoms with E-state index in [0.29, 0.717) is 15.0 Å². The van der Waals surface area contributed by atoms with Crippen molar-refractivity contribution in [3.63, 3.8) is 0 Å². The maximum atomic E-state index is 12.5. The van der Waals surface area contributed by atoms with E-state index in [1.54, 1.807) is 31.2 Å². The number of halogens is 1. The van der Waals surface area contributed by atoms with Crippen molar-refractivity contribution in [3.05, 3.63) is 69.4 Å². The molecule has 0 unspecified atom stereocenters. The molecule has 5 nitrogen and oxygen atoms in total. The SMILES string of the molecule is Cc1ccc(-c2cc(C)n(S(=O)(=O)Oc3ccccc3I)n2)cc1. The molecule has 7 heteroatoms. The van der Waals surface area contributed by atoms with E-state index in [0.717, 1.165) is 15.2 Å². The smallest absolute Gasteiger partial charge is 0.364 e.